The van der Waals surface area contributed by atoms with Crippen molar-refractivity contribution in [2.24, 2.45) is 5.16 Å². The van der Waals surface area contributed by atoms with Crippen molar-refractivity contribution in [3.05, 3.63) is 24.3 Å². The van der Waals surface area contributed by atoms with Crippen molar-refractivity contribution in [3.8, 4) is 0 Å². The molecule has 0 aromatic carbocycles. The van der Waals surface area contributed by atoms with Gasteiger partial charge in [0.1, 0.15) is 11.4 Å². The van der Waals surface area contributed by atoms with E-state index in [1.807, 2.05) is 0 Å². The molecule has 1 amide bonds. The molecule has 0 radical (unpaired) electrons. The van der Waals surface area contributed by atoms with Gasteiger partial charge in [0.2, 0.25) is 5.60 Å². The van der Waals surface area contributed by atoms with E-state index in [0.29, 0.717) is 17.8 Å². The van der Waals surface area contributed by atoms with Crippen molar-refractivity contribution in [2.75, 3.05) is 6.44 Å². The summed E-state index contributed by atoms with van der Waals surface area (Å²) in [5, 5.41) is 23.9. The van der Waals surface area contributed by atoms with Crippen molar-refractivity contribution in [1.82, 2.24) is 15.3 Å². The number of hydrogen-bond acceptors (Lipinski definition) is 7. The summed E-state index contributed by atoms with van der Waals surface area (Å²) in [6.45, 7) is 1.80. The molecular formula is C11H15BN4O4. The SMILES string of the molecule is CCC1(C(=O)NCB(O)O)CC(c2cnccn2)=NO1. The number of nitrogens with zero attached hydrogens (tertiary/aromatic N) is 3. The maximum atomic E-state index is 12.1. The van der Waals surface area contributed by atoms with Crippen molar-refractivity contribution >= 4 is 18.7 Å². The van der Waals surface area contributed by atoms with Crippen LogP contribution in [-0.2, 0) is 9.63 Å². The standard InChI is InChI=1S/C11H15BN4O4/c1-2-11(10(17)15-7-12(18)19)5-8(16-20-11)9-6-13-3-4-14-9/h3-4,6,18-19H,2,5,7H2,1H3,(H,15,17). The molecular weight excluding hydrogens is 263 g/mol. The fourth-order valence-corrected chi connectivity index (χ4v) is 1.88. The first kappa shape index (κ1) is 14.4. The van der Waals surface area contributed by atoms with Gasteiger partial charge < -0.3 is 20.2 Å². The Morgan fingerprint density at radius 2 is 2.35 bits per heavy atom. The Kier molecular flexibility index (Phi) is 4.31. The molecule has 0 saturated carbocycles. The van der Waals surface area contributed by atoms with Gasteiger partial charge in [-0.05, 0) is 6.42 Å². The van der Waals surface area contributed by atoms with E-state index in [2.05, 4.69) is 20.4 Å². The normalized spacial score (nSPS) is 21.1. The maximum absolute atomic E-state index is 12.1. The van der Waals surface area contributed by atoms with E-state index in [-0.39, 0.29) is 12.9 Å². The summed E-state index contributed by atoms with van der Waals surface area (Å²) in [7, 11) is -1.60. The Bertz CT molecular complexity index is 510. The lowest BCUT2D eigenvalue weighted by atomic mass is 9.89. The summed E-state index contributed by atoms with van der Waals surface area (Å²) in [4.78, 5) is 25.5. The topological polar surface area (TPSA) is 117 Å². The molecule has 0 fully saturated rings. The van der Waals surface area contributed by atoms with Gasteiger partial charge in [-0.15, -0.1) is 0 Å². The number of aromatic nitrogens is 2. The van der Waals surface area contributed by atoms with Gasteiger partial charge in [0.15, 0.2) is 0 Å². The van der Waals surface area contributed by atoms with E-state index < -0.39 is 18.6 Å². The molecule has 1 aromatic heterocycles. The lowest BCUT2D eigenvalue weighted by Crippen LogP contribution is -2.49. The average Bonchev–Trinajstić information content (AvgIpc) is 2.91. The Morgan fingerprint density at radius 3 is 2.95 bits per heavy atom. The Balaban J connectivity index is 2.07. The quantitative estimate of drug-likeness (QED) is 0.587. The van der Waals surface area contributed by atoms with Crippen LogP contribution in [0.2, 0.25) is 0 Å². The molecule has 2 rings (SSSR count). The lowest BCUT2D eigenvalue weighted by molar-refractivity contribution is -0.144. The van der Waals surface area contributed by atoms with Crippen LogP contribution in [0.5, 0.6) is 0 Å². The predicted octanol–water partition coefficient (Wildman–Crippen LogP) is -1.12. The second kappa shape index (κ2) is 5.97. The minimum Gasteiger partial charge on any atom is -0.426 e. The number of carbonyl (C=O) groups excluding carboxylic acids is 1. The van der Waals surface area contributed by atoms with Crippen molar-refractivity contribution in [1.29, 1.82) is 0 Å². The second-order valence-corrected chi connectivity index (χ2v) is 4.44. The highest BCUT2D eigenvalue weighted by atomic mass is 16.7. The third-order valence-corrected chi connectivity index (χ3v) is 3.07. The predicted molar refractivity (Wildman–Crippen MR) is 70.5 cm³/mol. The molecule has 1 atom stereocenters. The fourth-order valence-electron chi connectivity index (χ4n) is 1.88. The van der Waals surface area contributed by atoms with Crippen LogP contribution in [0.15, 0.2) is 23.7 Å². The molecule has 106 valence electrons. The van der Waals surface area contributed by atoms with E-state index in [1.165, 1.54) is 6.20 Å². The fraction of sp³-hybridized carbons (Fsp3) is 0.455. The summed E-state index contributed by atoms with van der Waals surface area (Å²) < 4.78 is 0. The van der Waals surface area contributed by atoms with E-state index >= 15 is 0 Å². The van der Waals surface area contributed by atoms with Crippen LogP contribution in [0.1, 0.15) is 25.5 Å². The number of hydrogen-bond donors (Lipinski definition) is 3. The average molecular weight is 278 g/mol. The van der Waals surface area contributed by atoms with Gasteiger partial charge in [-0.3, -0.25) is 14.8 Å². The van der Waals surface area contributed by atoms with Gasteiger partial charge in [-0.1, -0.05) is 12.1 Å². The molecule has 9 heteroatoms. The summed E-state index contributed by atoms with van der Waals surface area (Å²) in [6.07, 6.45) is 5.02. The lowest BCUT2D eigenvalue weighted by Gasteiger charge is -2.23. The van der Waals surface area contributed by atoms with Gasteiger partial charge in [0.25, 0.3) is 5.91 Å². The molecule has 0 spiro atoms. The number of rotatable bonds is 5. The third-order valence-electron chi connectivity index (χ3n) is 3.07. The Labute approximate surface area is 116 Å². The smallest absolute Gasteiger partial charge is 0.426 e. The molecule has 2 heterocycles. The third kappa shape index (κ3) is 2.94. The second-order valence-electron chi connectivity index (χ2n) is 4.44. The van der Waals surface area contributed by atoms with Crippen LogP contribution < -0.4 is 5.32 Å². The minimum atomic E-state index is -1.60. The first-order chi connectivity index (χ1) is 9.57. The summed E-state index contributed by atoms with van der Waals surface area (Å²) >= 11 is 0. The summed E-state index contributed by atoms with van der Waals surface area (Å²) in [5.41, 5.74) is -0.0423. The summed E-state index contributed by atoms with van der Waals surface area (Å²) in [6, 6.07) is 0. The highest BCUT2D eigenvalue weighted by Gasteiger charge is 2.45. The molecule has 8 nitrogen and oxygen atoms in total. The van der Waals surface area contributed by atoms with E-state index in [1.54, 1.807) is 19.3 Å². The van der Waals surface area contributed by atoms with Crippen LogP contribution in [0.3, 0.4) is 0 Å². The van der Waals surface area contributed by atoms with Crippen molar-refractivity contribution < 1.29 is 19.7 Å². The molecule has 0 saturated heterocycles. The van der Waals surface area contributed by atoms with Gasteiger partial charge >= 0.3 is 7.12 Å². The van der Waals surface area contributed by atoms with Crippen LogP contribution in [0.4, 0.5) is 0 Å². The van der Waals surface area contributed by atoms with Crippen LogP contribution in [-0.4, -0.2) is 50.8 Å². The largest absolute Gasteiger partial charge is 0.472 e. The highest BCUT2D eigenvalue weighted by molar-refractivity contribution is 6.41. The van der Waals surface area contributed by atoms with Crippen LogP contribution >= 0.6 is 0 Å². The monoisotopic (exact) mass is 278 g/mol. The van der Waals surface area contributed by atoms with E-state index in [9.17, 15) is 4.79 Å². The molecule has 20 heavy (non-hydrogen) atoms. The molecule has 3 N–H and O–H groups in total. The maximum Gasteiger partial charge on any atom is 0.472 e. The van der Waals surface area contributed by atoms with Gasteiger partial charge in [-0.25, -0.2) is 0 Å². The Hall–Kier alpha value is -2.00. The molecule has 0 aliphatic carbocycles. The summed E-state index contributed by atoms with van der Waals surface area (Å²) in [5.74, 6) is -0.434. The zero-order chi connectivity index (χ0) is 14.6. The van der Waals surface area contributed by atoms with Crippen LogP contribution in [0, 0.1) is 0 Å². The number of carbonyl (C=O) groups is 1. The van der Waals surface area contributed by atoms with E-state index in [0.717, 1.165) is 0 Å². The zero-order valence-electron chi connectivity index (χ0n) is 11.0. The molecule has 0 bridgehead atoms. The van der Waals surface area contributed by atoms with Crippen molar-refractivity contribution in [2.45, 2.75) is 25.4 Å². The molecule has 1 unspecified atom stereocenters. The Morgan fingerprint density at radius 1 is 1.55 bits per heavy atom. The molecule has 1 aliphatic rings. The highest BCUT2D eigenvalue weighted by Crippen LogP contribution is 2.29. The van der Waals surface area contributed by atoms with Gasteiger partial charge in [0, 0.05) is 18.8 Å². The minimum absolute atomic E-state index is 0.259. The van der Waals surface area contributed by atoms with Crippen molar-refractivity contribution in [3.63, 3.8) is 0 Å². The number of amides is 1. The van der Waals surface area contributed by atoms with Crippen LogP contribution in [0.25, 0.3) is 0 Å². The number of nitrogens with one attached hydrogen (secondary N) is 1. The number of oxime groups is 1. The van der Waals surface area contributed by atoms with Gasteiger partial charge in [0.05, 0.1) is 12.6 Å². The van der Waals surface area contributed by atoms with E-state index in [4.69, 9.17) is 14.9 Å². The first-order valence-electron chi connectivity index (χ1n) is 6.23. The first-order valence-corrected chi connectivity index (χ1v) is 6.23. The molecule has 1 aromatic rings. The zero-order valence-corrected chi connectivity index (χ0v) is 11.0. The molecule has 1 aliphatic heterocycles. The van der Waals surface area contributed by atoms with Gasteiger partial charge in [-0.2, -0.15) is 0 Å².